The Morgan fingerprint density at radius 2 is 2.10 bits per heavy atom. The van der Waals surface area contributed by atoms with E-state index >= 15 is 0 Å². The van der Waals surface area contributed by atoms with Crippen molar-refractivity contribution in [3.05, 3.63) is 29.8 Å². The molecular weight excluding hydrogens is 276 g/mol. The maximum atomic E-state index is 12.0. The van der Waals surface area contributed by atoms with E-state index in [2.05, 4.69) is 17.6 Å². The monoisotopic (exact) mass is 298 g/mol. The summed E-state index contributed by atoms with van der Waals surface area (Å²) in [5.41, 5.74) is 1.01. The fourth-order valence-corrected chi connectivity index (χ4v) is 2.42. The summed E-state index contributed by atoms with van der Waals surface area (Å²) in [4.78, 5) is 12.0. The molecule has 0 spiro atoms. The molecule has 1 aromatic rings. The summed E-state index contributed by atoms with van der Waals surface area (Å²) in [5, 5.41) is 6.47. The minimum atomic E-state index is 0. The summed E-state index contributed by atoms with van der Waals surface area (Å²) in [7, 11) is 1.64. The molecule has 1 aliphatic rings. The van der Waals surface area contributed by atoms with Gasteiger partial charge in [-0.15, -0.1) is 12.4 Å². The van der Waals surface area contributed by atoms with Crippen LogP contribution in [0.2, 0.25) is 0 Å². The largest absolute Gasteiger partial charge is 0.497 e. The van der Waals surface area contributed by atoms with E-state index in [0.29, 0.717) is 18.4 Å². The Balaban J connectivity index is 0.00000200. The molecule has 0 radical (unpaired) electrons. The highest BCUT2D eigenvalue weighted by molar-refractivity contribution is 5.85. The number of piperidine rings is 1. The Bertz CT molecular complexity index is 422. The highest BCUT2D eigenvalue weighted by Crippen LogP contribution is 2.13. The van der Waals surface area contributed by atoms with Crippen LogP contribution in [-0.2, 0) is 11.2 Å². The molecule has 5 heteroatoms. The van der Waals surface area contributed by atoms with Gasteiger partial charge < -0.3 is 15.4 Å². The molecule has 2 atom stereocenters. The second-order valence-corrected chi connectivity index (χ2v) is 5.17. The van der Waals surface area contributed by atoms with E-state index in [4.69, 9.17) is 4.74 Å². The molecule has 20 heavy (non-hydrogen) atoms. The van der Waals surface area contributed by atoms with Crippen LogP contribution in [0.4, 0.5) is 0 Å². The van der Waals surface area contributed by atoms with Crippen LogP contribution in [0.3, 0.4) is 0 Å². The molecule has 1 fully saturated rings. The molecule has 1 heterocycles. The Morgan fingerprint density at radius 1 is 1.40 bits per heavy atom. The van der Waals surface area contributed by atoms with E-state index in [-0.39, 0.29) is 18.3 Å². The van der Waals surface area contributed by atoms with Gasteiger partial charge in [0.15, 0.2) is 0 Å². The average molecular weight is 299 g/mol. The molecule has 4 nitrogen and oxygen atoms in total. The van der Waals surface area contributed by atoms with Crippen molar-refractivity contribution >= 4 is 18.3 Å². The maximum Gasteiger partial charge on any atom is 0.224 e. The molecule has 1 aromatic carbocycles. The topological polar surface area (TPSA) is 50.4 Å². The molecular formula is C15H23ClN2O2. The number of hydrogen-bond acceptors (Lipinski definition) is 3. The fourth-order valence-electron chi connectivity index (χ4n) is 2.42. The molecule has 0 bridgehead atoms. The molecule has 2 rings (SSSR count). The van der Waals surface area contributed by atoms with Gasteiger partial charge in [-0.3, -0.25) is 4.79 Å². The zero-order chi connectivity index (χ0) is 13.7. The van der Waals surface area contributed by atoms with Crippen LogP contribution in [0.25, 0.3) is 0 Å². The summed E-state index contributed by atoms with van der Waals surface area (Å²) in [5.74, 6) is 1.41. The van der Waals surface area contributed by atoms with Crippen molar-refractivity contribution in [3.8, 4) is 5.75 Å². The van der Waals surface area contributed by atoms with Crippen molar-refractivity contribution in [2.24, 2.45) is 5.92 Å². The molecule has 112 valence electrons. The molecule has 1 amide bonds. The lowest BCUT2D eigenvalue weighted by molar-refractivity contribution is -0.121. The van der Waals surface area contributed by atoms with Crippen LogP contribution in [0.15, 0.2) is 24.3 Å². The standard InChI is InChI=1S/C15H22N2O2.ClH/c1-11-10-16-8-7-14(11)17-15(18)9-12-3-5-13(19-2)6-4-12;/h3-6,11,14,16H,7-10H2,1-2H3,(H,17,18);1H. The predicted molar refractivity (Wildman–Crippen MR) is 82.5 cm³/mol. The van der Waals surface area contributed by atoms with Crippen LogP contribution in [-0.4, -0.2) is 32.1 Å². The van der Waals surface area contributed by atoms with Crippen molar-refractivity contribution in [1.29, 1.82) is 0 Å². The third kappa shape index (κ3) is 4.69. The zero-order valence-electron chi connectivity index (χ0n) is 12.0. The highest BCUT2D eigenvalue weighted by Gasteiger charge is 2.22. The van der Waals surface area contributed by atoms with Gasteiger partial charge in [0.1, 0.15) is 5.75 Å². The van der Waals surface area contributed by atoms with Gasteiger partial charge in [-0.1, -0.05) is 19.1 Å². The van der Waals surface area contributed by atoms with Gasteiger partial charge in [-0.25, -0.2) is 0 Å². The Morgan fingerprint density at radius 3 is 2.70 bits per heavy atom. The third-order valence-corrected chi connectivity index (χ3v) is 3.66. The first-order chi connectivity index (χ1) is 9.19. The second-order valence-electron chi connectivity index (χ2n) is 5.17. The summed E-state index contributed by atoms with van der Waals surface area (Å²) < 4.78 is 5.10. The van der Waals surface area contributed by atoms with Crippen LogP contribution < -0.4 is 15.4 Å². The van der Waals surface area contributed by atoms with Crippen molar-refractivity contribution in [2.75, 3.05) is 20.2 Å². The predicted octanol–water partition coefficient (Wildman–Crippen LogP) is 1.77. The van der Waals surface area contributed by atoms with Crippen LogP contribution >= 0.6 is 12.4 Å². The summed E-state index contributed by atoms with van der Waals surface area (Å²) >= 11 is 0. The van der Waals surface area contributed by atoms with Gasteiger partial charge in [0.2, 0.25) is 5.91 Å². The second kappa shape index (κ2) is 8.12. The number of amides is 1. The van der Waals surface area contributed by atoms with Gasteiger partial charge in [0, 0.05) is 6.04 Å². The summed E-state index contributed by atoms with van der Waals surface area (Å²) in [6, 6.07) is 7.94. The Labute approximate surface area is 126 Å². The van der Waals surface area contributed by atoms with Crippen molar-refractivity contribution in [3.63, 3.8) is 0 Å². The number of rotatable bonds is 4. The SMILES string of the molecule is COc1ccc(CC(=O)NC2CCNCC2C)cc1.Cl. The zero-order valence-corrected chi connectivity index (χ0v) is 12.8. The molecule has 0 saturated carbocycles. The first-order valence-electron chi connectivity index (χ1n) is 6.82. The molecule has 0 aliphatic carbocycles. The maximum absolute atomic E-state index is 12.0. The van der Waals surface area contributed by atoms with Crippen LogP contribution in [0.1, 0.15) is 18.9 Å². The van der Waals surface area contributed by atoms with Gasteiger partial charge in [0.25, 0.3) is 0 Å². The van der Waals surface area contributed by atoms with E-state index in [1.807, 2.05) is 24.3 Å². The quantitative estimate of drug-likeness (QED) is 0.891. The minimum absolute atomic E-state index is 0. The first-order valence-corrected chi connectivity index (χ1v) is 6.82. The van der Waals surface area contributed by atoms with Gasteiger partial charge in [0.05, 0.1) is 13.5 Å². The molecule has 0 aromatic heterocycles. The number of halogens is 1. The number of hydrogen-bond donors (Lipinski definition) is 2. The average Bonchev–Trinajstić information content (AvgIpc) is 2.42. The van der Waals surface area contributed by atoms with Crippen molar-refractivity contribution < 1.29 is 9.53 Å². The number of ether oxygens (including phenoxy) is 1. The smallest absolute Gasteiger partial charge is 0.224 e. The van der Waals surface area contributed by atoms with Crippen molar-refractivity contribution in [1.82, 2.24) is 10.6 Å². The van der Waals surface area contributed by atoms with E-state index in [1.165, 1.54) is 0 Å². The molecule has 2 N–H and O–H groups in total. The van der Waals surface area contributed by atoms with E-state index in [1.54, 1.807) is 7.11 Å². The number of methoxy groups -OCH3 is 1. The van der Waals surface area contributed by atoms with E-state index in [0.717, 1.165) is 30.8 Å². The van der Waals surface area contributed by atoms with Crippen molar-refractivity contribution in [2.45, 2.75) is 25.8 Å². The summed E-state index contributed by atoms with van der Waals surface area (Å²) in [6.07, 6.45) is 1.44. The first kappa shape index (κ1) is 16.8. The highest BCUT2D eigenvalue weighted by atomic mass is 35.5. The number of nitrogens with one attached hydrogen (secondary N) is 2. The molecule has 1 saturated heterocycles. The molecule has 1 aliphatic heterocycles. The van der Waals surface area contributed by atoms with E-state index < -0.39 is 0 Å². The minimum Gasteiger partial charge on any atom is -0.497 e. The Hall–Kier alpha value is -1.26. The van der Waals surface area contributed by atoms with E-state index in [9.17, 15) is 4.79 Å². The Kier molecular flexibility index (Phi) is 6.82. The summed E-state index contributed by atoms with van der Waals surface area (Å²) in [6.45, 7) is 4.13. The normalized spacial score (nSPS) is 21.7. The van der Waals surface area contributed by atoms with Crippen LogP contribution in [0, 0.1) is 5.92 Å². The van der Waals surface area contributed by atoms with Gasteiger partial charge in [-0.05, 0) is 43.1 Å². The fraction of sp³-hybridized carbons (Fsp3) is 0.533. The van der Waals surface area contributed by atoms with Crippen LogP contribution in [0.5, 0.6) is 5.75 Å². The third-order valence-electron chi connectivity index (χ3n) is 3.66. The lowest BCUT2D eigenvalue weighted by Gasteiger charge is -2.30. The van der Waals surface area contributed by atoms with Gasteiger partial charge in [-0.2, -0.15) is 0 Å². The lowest BCUT2D eigenvalue weighted by Crippen LogP contribution is -2.48. The lowest BCUT2D eigenvalue weighted by atomic mass is 9.95. The number of benzene rings is 1. The number of carbonyl (C=O) groups is 1. The molecule has 2 unspecified atom stereocenters. The van der Waals surface area contributed by atoms with Gasteiger partial charge >= 0.3 is 0 Å². The number of carbonyl (C=O) groups excluding carboxylic acids is 1.